The molecule has 23 heavy (non-hydrogen) atoms. The van der Waals surface area contributed by atoms with Crippen LogP contribution in [0.15, 0.2) is 42.9 Å². The molecule has 1 N–H and O–H groups in total. The molecule has 0 bridgehead atoms. The zero-order valence-corrected chi connectivity index (χ0v) is 13.4. The Balaban J connectivity index is 1.59. The molecular weight excluding hydrogens is 288 g/mol. The first kappa shape index (κ1) is 15.5. The van der Waals surface area contributed by atoms with Gasteiger partial charge in [0.25, 0.3) is 5.91 Å². The van der Waals surface area contributed by atoms with Crippen molar-refractivity contribution in [1.29, 1.82) is 0 Å². The van der Waals surface area contributed by atoms with Crippen LogP contribution in [0, 0.1) is 5.92 Å². The Morgan fingerprint density at radius 3 is 2.83 bits per heavy atom. The fraction of sp³-hybridized carbons (Fsp3) is 0.389. The number of piperidine rings is 1. The summed E-state index contributed by atoms with van der Waals surface area (Å²) in [6, 6.07) is 7.56. The SMILES string of the molecule is CC1CCCN(c2ccc(C(=O)NCc3ccncc3)nc2)C1. The number of hydrogen-bond acceptors (Lipinski definition) is 4. The van der Waals surface area contributed by atoms with Gasteiger partial charge in [-0.25, -0.2) is 4.98 Å². The Labute approximate surface area is 136 Å². The number of rotatable bonds is 4. The molecule has 1 aliphatic heterocycles. The van der Waals surface area contributed by atoms with Crippen LogP contribution in [-0.2, 0) is 6.54 Å². The van der Waals surface area contributed by atoms with Crippen LogP contribution in [-0.4, -0.2) is 29.0 Å². The predicted molar refractivity (Wildman–Crippen MR) is 90.3 cm³/mol. The topological polar surface area (TPSA) is 58.1 Å². The van der Waals surface area contributed by atoms with Gasteiger partial charge in [0.05, 0.1) is 11.9 Å². The Hall–Kier alpha value is -2.43. The lowest BCUT2D eigenvalue weighted by Gasteiger charge is -2.32. The Morgan fingerprint density at radius 2 is 2.13 bits per heavy atom. The molecule has 5 heteroatoms. The lowest BCUT2D eigenvalue weighted by Crippen LogP contribution is -2.34. The number of nitrogens with one attached hydrogen (secondary N) is 1. The summed E-state index contributed by atoms with van der Waals surface area (Å²) in [7, 11) is 0. The van der Waals surface area contributed by atoms with Crippen LogP contribution in [0.1, 0.15) is 35.8 Å². The average Bonchev–Trinajstić information content (AvgIpc) is 2.61. The minimum Gasteiger partial charge on any atom is -0.370 e. The summed E-state index contributed by atoms with van der Waals surface area (Å²) in [5, 5.41) is 2.88. The predicted octanol–water partition coefficient (Wildman–Crippen LogP) is 2.64. The molecule has 1 amide bonds. The summed E-state index contributed by atoms with van der Waals surface area (Å²) in [4.78, 5) is 22.8. The summed E-state index contributed by atoms with van der Waals surface area (Å²) in [6.45, 7) is 4.89. The molecule has 0 spiro atoms. The molecule has 3 rings (SSSR count). The number of carbonyl (C=O) groups excluding carboxylic acids is 1. The molecule has 5 nitrogen and oxygen atoms in total. The van der Waals surface area contributed by atoms with Crippen molar-refractivity contribution in [2.24, 2.45) is 5.92 Å². The molecule has 1 unspecified atom stereocenters. The zero-order valence-electron chi connectivity index (χ0n) is 13.4. The Morgan fingerprint density at radius 1 is 1.30 bits per heavy atom. The number of carbonyl (C=O) groups is 1. The second-order valence-corrected chi connectivity index (χ2v) is 6.13. The second kappa shape index (κ2) is 7.22. The zero-order chi connectivity index (χ0) is 16.1. The molecule has 1 saturated heterocycles. The third-order valence-corrected chi connectivity index (χ3v) is 4.21. The smallest absolute Gasteiger partial charge is 0.270 e. The molecule has 2 aromatic rings. The van der Waals surface area contributed by atoms with Crippen molar-refractivity contribution in [2.75, 3.05) is 18.0 Å². The lowest BCUT2D eigenvalue weighted by atomic mass is 10.00. The van der Waals surface area contributed by atoms with Crippen molar-refractivity contribution >= 4 is 11.6 Å². The van der Waals surface area contributed by atoms with Gasteiger partial charge in [0.1, 0.15) is 5.69 Å². The highest BCUT2D eigenvalue weighted by Gasteiger charge is 2.17. The van der Waals surface area contributed by atoms with Crippen molar-refractivity contribution < 1.29 is 4.79 Å². The molecule has 0 aliphatic carbocycles. The van der Waals surface area contributed by atoms with Crippen LogP contribution in [0.25, 0.3) is 0 Å². The van der Waals surface area contributed by atoms with E-state index in [0.29, 0.717) is 18.2 Å². The van der Waals surface area contributed by atoms with Crippen LogP contribution in [0.4, 0.5) is 5.69 Å². The van der Waals surface area contributed by atoms with E-state index in [-0.39, 0.29) is 5.91 Å². The maximum Gasteiger partial charge on any atom is 0.270 e. The van der Waals surface area contributed by atoms with E-state index < -0.39 is 0 Å². The first-order chi connectivity index (χ1) is 11.2. The van der Waals surface area contributed by atoms with Gasteiger partial charge in [0.2, 0.25) is 0 Å². The minimum atomic E-state index is -0.152. The van der Waals surface area contributed by atoms with Gasteiger partial charge in [-0.2, -0.15) is 0 Å². The van der Waals surface area contributed by atoms with Gasteiger partial charge in [-0.1, -0.05) is 6.92 Å². The maximum absolute atomic E-state index is 12.2. The summed E-state index contributed by atoms with van der Waals surface area (Å²) in [5.74, 6) is 0.562. The lowest BCUT2D eigenvalue weighted by molar-refractivity contribution is 0.0946. The summed E-state index contributed by atoms with van der Waals surface area (Å²) >= 11 is 0. The maximum atomic E-state index is 12.2. The average molecular weight is 310 g/mol. The van der Waals surface area contributed by atoms with Crippen molar-refractivity contribution in [2.45, 2.75) is 26.3 Å². The Kier molecular flexibility index (Phi) is 4.86. The fourth-order valence-electron chi connectivity index (χ4n) is 2.90. The first-order valence-corrected chi connectivity index (χ1v) is 8.10. The summed E-state index contributed by atoms with van der Waals surface area (Å²) in [6.07, 6.45) is 7.75. The van der Waals surface area contributed by atoms with Crippen LogP contribution in [0.5, 0.6) is 0 Å². The van der Waals surface area contributed by atoms with Gasteiger partial charge >= 0.3 is 0 Å². The van der Waals surface area contributed by atoms with E-state index in [9.17, 15) is 4.79 Å². The van der Waals surface area contributed by atoms with E-state index in [1.807, 2.05) is 18.2 Å². The van der Waals surface area contributed by atoms with Gasteiger partial charge in [0.15, 0.2) is 0 Å². The van der Waals surface area contributed by atoms with Crippen molar-refractivity contribution in [3.63, 3.8) is 0 Å². The third-order valence-electron chi connectivity index (χ3n) is 4.21. The number of anilines is 1. The van der Waals surface area contributed by atoms with E-state index in [4.69, 9.17) is 0 Å². The van der Waals surface area contributed by atoms with E-state index in [1.54, 1.807) is 24.7 Å². The van der Waals surface area contributed by atoms with Crippen molar-refractivity contribution in [3.05, 3.63) is 54.1 Å². The van der Waals surface area contributed by atoms with E-state index in [1.165, 1.54) is 12.8 Å². The molecule has 0 radical (unpaired) electrons. The van der Waals surface area contributed by atoms with Crippen molar-refractivity contribution in [3.8, 4) is 0 Å². The van der Waals surface area contributed by atoms with Gasteiger partial charge in [-0.15, -0.1) is 0 Å². The van der Waals surface area contributed by atoms with Crippen molar-refractivity contribution in [1.82, 2.24) is 15.3 Å². The molecule has 1 fully saturated rings. The molecule has 3 heterocycles. The van der Waals surface area contributed by atoms with Gasteiger partial charge < -0.3 is 10.2 Å². The number of nitrogens with zero attached hydrogens (tertiary/aromatic N) is 3. The van der Waals surface area contributed by atoms with E-state index in [0.717, 1.165) is 24.3 Å². The number of aromatic nitrogens is 2. The second-order valence-electron chi connectivity index (χ2n) is 6.13. The minimum absolute atomic E-state index is 0.152. The molecule has 1 aliphatic rings. The quantitative estimate of drug-likeness (QED) is 0.943. The van der Waals surface area contributed by atoms with E-state index in [2.05, 4.69) is 27.1 Å². The van der Waals surface area contributed by atoms with Gasteiger partial charge in [-0.05, 0) is 48.6 Å². The molecule has 0 aromatic carbocycles. The Bertz CT molecular complexity index is 642. The van der Waals surface area contributed by atoms with Gasteiger partial charge in [-0.3, -0.25) is 9.78 Å². The van der Waals surface area contributed by atoms with Crippen LogP contribution in [0.3, 0.4) is 0 Å². The largest absolute Gasteiger partial charge is 0.370 e. The molecular formula is C18H22N4O. The number of amides is 1. The molecule has 0 saturated carbocycles. The third kappa shape index (κ3) is 4.06. The summed E-state index contributed by atoms with van der Waals surface area (Å²) < 4.78 is 0. The van der Waals surface area contributed by atoms with Crippen LogP contribution in [0.2, 0.25) is 0 Å². The molecule has 2 aromatic heterocycles. The molecule has 1 atom stereocenters. The first-order valence-electron chi connectivity index (χ1n) is 8.10. The van der Waals surface area contributed by atoms with Crippen LogP contribution >= 0.6 is 0 Å². The fourth-order valence-corrected chi connectivity index (χ4v) is 2.90. The number of pyridine rings is 2. The van der Waals surface area contributed by atoms with E-state index >= 15 is 0 Å². The standard InChI is InChI=1S/C18H22N4O/c1-14-3-2-10-22(13-14)16-4-5-17(20-12-16)18(23)21-11-15-6-8-19-9-7-15/h4-9,12,14H,2-3,10-11,13H2,1H3,(H,21,23). The number of hydrogen-bond donors (Lipinski definition) is 1. The normalized spacial score (nSPS) is 17.8. The highest BCUT2D eigenvalue weighted by atomic mass is 16.1. The van der Waals surface area contributed by atoms with Crippen LogP contribution < -0.4 is 10.2 Å². The summed E-state index contributed by atoms with van der Waals surface area (Å²) in [5.41, 5.74) is 2.57. The highest BCUT2D eigenvalue weighted by Crippen LogP contribution is 2.22. The molecule has 120 valence electrons. The highest BCUT2D eigenvalue weighted by molar-refractivity contribution is 5.92. The van der Waals surface area contributed by atoms with Gasteiger partial charge in [0, 0.05) is 32.0 Å². The monoisotopic (exact) mass is 310 g/mol.